The summed E-state index contributed by atoms with van der Waals surface area (Å²) in [6.07, 6.45) is 1.31. The van der Waals surface area contributed by atoms with E-state index in [2.05, 4.69) is 11.3 Å². The lowest BCUT2D eigenvalue weighted by molar-refractivity contribution is -0.189. The topological polar surface area (TPSA) is 44.8 Å². The van der Waals surface area contributed by atoms with Crippen molar-refractivity contribution >= 4 is 5.97 Å². The van der Waals surface area contributed by atoms with Crippen LogP contribution in [0.4, 0.5) is 0 Å². The van der Waals surface area contributed by atoms with Crippen molar-refractivity contribution in [3.8, 4) is 0 Å². The zero-order valence-corrected chi connectivity index (χ0v) is 8.33. The normalized spacial score (nSPS) is 10.7. The maximum absolute atomic E-state index is 10.4. The van der Waals surface area contributed by atoms with E-state index in [1.54, 1.807) is 13.8 Å². The molecule has 0 rings (SSSR count). The molecule has 0 amide bonds. The largest absolute Gasteiger partial charge is 0.471 e. The van der Waals surface area contributed by atoms with Crippen LogP contribution in [0.5, 0.6) is 0 Å². The monoisotopic (exact) mass is 188 g/mol. The molecule has 0 heterocycles. The second-order valence-corrected chi connectivity index (χ2v) is 2.87. The van der Waals surface area contributed by atoms with E-state index in [-0.39, 0.29) is 12.6 Å². The summed E-state index contributed by atoms with van der Waals surface area (Å²) in [6.45, 7) is 8.81. The van der Waals surface area contributed by atoms with Gasteiger partial charge in [0.25, 0.3) is 0 Å². The van der Waals surface area contributed by atoms with Crippen LogP contribution in [0.1, 0.15) is 20.8 Å². The SMILES string of the molecule is C=COC(C)(C)OCCOC(C)=O. The predicted octanol–water partition coefficient (Wildman–Crippen LogP) is 1.46. The van der Waals surface area contributed by atoms with Gasteiger partial charge in [0.05, 0.1) is 12.9 Å². The molecular weight excluding hydrogens is 172 g/mol. The van der Waals surface area contributed by atoms with Crippen LogP contribution >= 0.6 is 0 Å². The molecule has 0 bridgehead atoms. The Bertz CT molecular complexity index is 174. The van der Waals surface area contributed by atoms with E-state index in [4.69, 9.17) is 9.47 Å². The van der Waals surface area contributed by atoms with Gasteiger partial charge in [0.2, 0.25) is 5.79 Å². The molecule has 13 heavy (non-hydrogen) atoms. The van der Waals surface area contributed by atoms with Crippen LogP contribution in [0.25, 0.3) is 0 Å². The molecule has 0 spiro atoms. The molecular formula is C9H16O4. The van der Waals surface area contributed by atoms with E-state index < -0.39 is 5.79 Å². The Labute approximate surface area is 78.5 Å². The quantitative estimate of drug-likeness (QED) is 0.274. The second-order valence-electron chi connectivity index (χ2n) is 2.87. The highest BCUT2D eigenvalue weighted by atomic mass is 16.7. The van der Waals surface area contributed by atoms with Crippen molar-refractivity contribution in [3.05, 3.63) is 12.8 Å². The third-order valence-corrected chi connectivity index (χ3v) is 1.21. The van der Waals surface area contributed by atoms with Gasteiger partial charge in [-0.15, -0.1) is 0 Å². The Hall–Kier alpha value is -1.03. The molecule has 0 aliphatic carbocycles. The third kappa shape index (κ3) is 7.33. The molecule has 0 saturated carbocycles. The molecule has 0 unspecified atom stereocenters. The summed E-state index contributed by atoms with van der Waals surface area (Å²) in [4.78, 5) is 10.4. The highest BCUT2D eigenvalue weighted by Crippen LogP contribution is 2.10. The summed E-state index contributed by atoms with van der Waals surface area (Å²) < 4.78 is 15.0. The molecule has 0 N–H and O–H groups in total. The van der Waals surface area contributed by atoms with Crippen LogP contribution < -0.4 is 0 Å². The van der Waals surface area contributed by atoms with Gasteiger partial charge in [-0.2, -0.15) is 0 Å². The first kappa shape index (κ1) is 12.0. The minimum Gasteiger partial charge on any atom is -0.471 e. The molecule has 4 nitrogen and oxygen atoms in total. The van der Waals surface area contributed by atoms with E-state index in [1.807, 2.05) is 0 Å². The molecule has 0 atom stereocenters. The maximum atomic E-state index is 10.4. The number of carbonyl (C=O) groups excluding carboxylic acids is 1. The van der Waals surface area contributed by atoms with Crippen molar-refractivity contribution in [1.82, 2.24) is 0 Å². The maximum Gasteiger partial charge on any atom is 0.302 e. The fourth-order valence-electron chi connectivity index (χ4n) is 0.708. The Balaban J connectivity index is 3.51. The van der Waals surface area contributed by atoms with Gasteiger partial charge in [-0.1, -0.05) is 6.58 Å². The van der Waals surface area contributed by atoms with Gasteiger partial charge in [-0.25, -0.2) is 0 Å². The van der Waals surface area contributed by atoms with Crippen LogP contribution in [0.15, 0.2) is 12.8 Å². The lowest BCUT2D eigenvalue weighted by Gasteiger charge is -2.24. The summed E-state index contributed by atoms with van der Waals surface area (Å²) in [5.41, 5.74) is 0. The fraction of sp³-hybridized carbons (Fsp3) is 0.667. The van der Waals surface area contributed by atoms with E-state index in [0.717, 1.165) is 0 Å². The van der Waals surface area contributed by atoms with Crippen LogP contribution in [0.3, 0.4) is 0 Å². The van der Waals surface area contributed by atoms with Crippen molar-refractivity contribution in [3.63, 3.8) is 0 Å². The molecule has 0 aliphatic heterocycles. The molecule has 0 fully saturated rings. The molecule has 0 aromatic heterocycles. The van der Waals surface area contributed by atoms with E-state index in [0.29, 0.717) is 6.61 Å². The van der Waals surface area contributed by atoms with Crippen LogP contribution in [-0.4, -0.2) is 25.0 Å². The standard InChI is InChI=1S/C9H16O4/c1-5-12-9(3,4)13-7-6-11-8(2)10/h5H,1,6-7H2,2-4H3. The minimum atomic E-state index is -0.720. The Kier molecular flexibility index (Phi) is 5.14. The first-order valence-electron chi connectivity index (χ1n) is 4.04. The molecule has 4 heteroatoms. The number of rotatable bonds is 6. The first-order valence-corrected chi connectivity index (χ1v) is 4.04. The Morgan fingerprint density at radius 1 is 1.46 bits per heavy atom. The summed E-state index contributed by atoms with van der Waals surface area (Å²) in [7, 11) is 0. The van der Waals surface area contributed by atoms with Crippen molar-refractivity contribution in [2.24, 2.45) is 0 Å². The van der Waals surface area contributed by atoms with Crippen LogP contribution in [-0.2, 0) is 19.0 Å². The summed E-state index contributed by atoms with van der Waals surface area (Å²) in [6, 6.07) is 0. The summed E-state index contributed by atoms with van der Waals surface area (Å²) in [5, 5.41) is 0. The first-order chi connectivity index (χ1) is 5.98. The molecule has 76 valence electrons. The number of hydrogen-bond donors (Lipinski definition) is 0. The smallest absolute Gasteiger partial charge is 0.302 e. The zero-order chi connectivity index (χ0) is 10.3. The lowest BCUT2D eigenvalue weighted by Crippen LogP contribution is -2.28. The second kappa shape index (κ2) is 5.59. The van der Waals surface area contributed by atoms with Crippen LogP contribution in [0, 0.1) is 0 Å². The van der Waals surface area contributed by atoms with Gasteiger partial charge in [0.15, 0.2) is 0 Å². The van der Waals surface area contributed by atoms with Gasteiger partial charge in [0, 0.05) is 20.8 Å². The average molecular weight is 188 g/mol. The Morgan fingerprint density at radius 3 is 2.54 bits per heavy atom. The summed E-state index contributed by atoms with van der Waals surface area (Å²) in [5.74, 6) is -1.03. The van der Waals surface area contributed by atoms with Gasteiger partial charge < -0.3 is 14.2 Å². The number of carbonyl (C=O) groups is 1. The van der Waals surface area contributed by atoms with Crippen molar-refractivity contribution < 1.29 is 19.0 Å². The van der Waals surface area contributed by atoms with Crippen molar-refractivity contribution in [1.29, 1.82) is 0 Å². The molecule has 0 radical (unpaired) electrons. The van der Waals surface area contributed by atoms with Gasteiger partial charge in [-0.3, -0.25) is 4.79 Å². The van der Waals surface area contributed by atoms with Gasteiger partial charge >= 0.3 is 5.97 Å². The summed E-state index contributed by atoms with van der Waals surface area (Å²) >= 11 is 0. The third-order valence-electron chi connectivity index (χ3n) is 1.21. The molecule has 0 aromatic carbocycles. The van der Waals surface area contributed by atoms with Gasteiger partial charge in [0.1, 0.15) is 6.61 Å². The fourth-order valence-corrected chi connectivity index (χ4v) is 0.708. The number of ether oxygens (including phenoxy) is 3. The van der Waals surface area contributed by atoms with E-state index in [9.17, 15) is 4.79 Å². The molecule has 0 aliphatic rings. The number of esters is 1. The highest BCUT2D eigenvalue weighted by molar-refractivity contribution is 5.65. The zero-order valence-electron chi connectivity index (χ0n) is 8.33. The average Bonchev–Trinajstić information content (AvgIpc) is 1.98. The molecule has 0 saturated heterocycles. The lowest BCUT2D eigenvalue weighted by atomic mass is 10.4. The molecule has 0 aromatic rings. The van der Waals surface area contributed by atoms with E-state index in [1.165, 1.54) is 13.2 Å². The van der Waals surface area contributed by atoms with Crippen molar-refractivity contribution in [2.45, 2.75) is 26.6 Å². The van der Waals surface area contributed by atoms with E-state index >= 15 is 0 Å². The van der Waals surface area contributed by atoms with Crippen molar-refractivity contribution in [2.75, 3.05) is 13.2 Å². The Morgan fingerprint density at radius 2 is 2.08 bits per heavy atom. The van der Waals surface area contributed by atoms with Crippen LogP contribution in [0.2, 0.25) is 0 Å². The predicted molar refractivity (Wildman–Crippen MR) is 47.9 cm³/mol. The number of hydrogen-bond acceptors (Lipinski definition) is 4. The van der Waals surface area contributed by atoms with Gasteiger partial charge in [-0.05, 0) is 0 Å². The highest BCUT2D eigenvalue weighted by Gasteiger charge is 2.17. The minimum absolute atomic E-state index is 0.235.